The summed E-state index contributed by atoms with van der Waals surface area (Å²) >= 11 is 11.3. The first-order valence-electron chi connectivity index (χ1n) is 5.58. The minimum atomic E-state index is -0.872. The molecule has 1 heterocycles. The second kappa shape index (κ2) is 5.30. The van der Waals surface area contributed by atoms with E-state index in [1.54, 1.807) is 6.92 Å². The van der Waals surface area contributed by atoms with Crippen molar-refractivity contribution in [1.29, 1.82) is 0 Å². The fraction of sp³-hybridized carbons (Fsp3) is 0.167. The third kappa shape index (κ3) is 2.32. The molecule has 0 aliphatic heterocycles. The van der Waals surface area contributed by atoms with Gasteiger partial charge in [-0.15, -0.1) is 0 Å². The summed E-state index contributed by atoms with van der Waals surface area (Å²) in [5.41, 5.74) is -1.47. The van der Waals surface area contributed by atoms with E-state index in [4.69, 9.17) is 23.2 Å². The number of nitrogens with one attached hydrogen (secondary N) is 1. The number of hydrogen-bond donors (Lipinski definition) is 2. The standard InChI is InChI=1S/C12H9Cl2FN2O3/c1-2-6-10(18)16-12(20)17(11(6)19)5-3-7(13)9(15)8(14)4-5/h3-4,19H,2H2,1H3,(H,16,18,20). The first-order valence-corrected chi connectivity index (χ1v) is 6.34. The predicted molar refractivity (Wildman–Crippen MR) is 73.7 cm³/mol. The molecule has 8 heteroatoms. The summed E-state index contributed by atoms with van der Waals surface area (Å²) in [5.74, 6) is -1.36. The molecule has 0 bridgehead atoms. The topological polar surface area (TPSA) is 75.1 Å². The lowest BCUT2D eigenvalue weighted by Gasteiger charge is -2.11. The Morgan fingerprint density at radius 1 is 1.30 bits per heavy atom. The van der Waals surface area contributed by atoms with Crippen molar-refractivity contribution >= 4 is 23.2 Å². The Kier molecular flexibility index (Phi) is 3.87. The van der Waals surface area contributed by atoms with Gasteiger partial charge in [-0.3, -0.25) is 9.78 Å². The van der Waals surface area contributed by atoms with Gasteiger partial charge >= 0.3 is 5.69 Å². The molecule has 0 unspecified atom stereocenters. The Morgan fingerprint density at radius 2 is 1.85 bits per heavy atom. The number of H-pyrrole nitrogens is 1. The lowest BCUT2D eigenvalue weighted by atomic mass is 10.2. The molecule has 5 nitrogen and oxygen atoms in total. The van der Waals surface area contributed by atoms with E-state index in [0.717, 1.165) is 16.7 Å². The molecule has 0 saturated heterocycles. The van der Waals surface area contributed by atoms with Crippen LogP contribution in [0.2, 0.25) is 10.0 Å². The first-order chi connectivity index (χ1) is 9.36. The minimum Gasteiger partial charge on any atom is -0.494 e. The van der Waals surface area contributed by atoms with Crippen molar-refractivity contribution in [2.45, 2.75) is 13.3 Å². The molecule has 0 amide bonds. The Bertz CT molecular complexity index is 775. The molecule has 2 aromatic rings. The van der Waals surface area contributed by atoms with Crippen molar-refractivity contribution in [2.75, 3.05) is 0 Å². The molecule has 106 valence electrons. The Balaban J connectivity index is 2.83. The summed E-state index contributed by atoms with van der Waals surface area (Å²) in [7, 11) is 0. The lowest BCUT2D eigenvalue weighted by molar-refractivity contribution is 0.423. The van der Waals surface area contributed by atoms with Crippen molar-refractivity contribution in [2.24, 2.45) is 0 Å². The van der Waals surface area contributed by atoms with Gasteiger partial charge in [0.2, 0.25) is 5.88 Å². The monoisotopic (exact) mass is 318 g/mol. The quantitative estimate of drug-likeness (QED) is 0.834. The molecule has 0 atom stereocenters. The van der Waals surface area contributed by atoms with Gasteiger partial charge in [0.1, 0.15) is 0 Å². The number of halogens is 3. The summed E-state index contributed by atoms with van der Waals surface area (Å²) in [6.45, 7) is 1.64. The first kappa shape index (κ1) is 14.6. The second-order valence-corrected chi connectivity index (χ2v) is 4.79. The van der Waals surface area contributed by atoms with Crippen LogP contribution in [0.4, 0.5) is 4.39 Å². The minimum absolute atomic E-state index is 0.0289. The van der Waals surface area contributed by atoms with Crippen LogP contribution in [0.15, 0.2) is 21.7 Å². The highest BCUT2D eigenvalue weighted by Crippen LogP contribution is 2.27. The molecule has 20 heavy (non-hydrogen) atoms. The Labute approximate surface area is 122 Å². The highest BCUT2D eigenvalue weighted by Gasteiger charge is 2.16. The predicted octanol–water partition coefficient (Wildman–Crippen LogP) is 2.24. The van der Waals surface area contributed by atoms with Crippen molar-refractivity contribution < 1.29 is 9.50 Å². The van der Waals surface area contributed by atoms with Crippen molar-refractivity contribution in [3.63, 3.8) is 0 Å². The number of aromatic hydroxyl groups is 1. The molecule has 0 spiro atoms. The van der Waals surface area contributed by atoms with Gasteiger partial charge in [-0.05, 0) is 18.6 Å². The second-order valence-electron chi connectivity index (χ2n) is 3.97. The van der Waals surface area contributed by atoms with Crippen LogP contribution in [0, 0.1) is 5.82 Å². The van der Waals surface area contributed by atoms with Gasteiger partial charge in [-0.25, -0.2) is 13.8 Å². The van der Waals surface area contributed by atoms with E-state index in [2.05, 4.69) is 4.98 Å². The van der Waals surface area contributed by atoms with Crippen LogP contribution < -0.4 is 11.2 Å². The fourth-order valence-corrected chi connectivity index (χ4v) is 2.27. The van der Waals surface area contributed by atoms with Gasteiger partial charge in [0.05, 0.1) is 21.3 Å². The van der Waals surface area contributed by atoms with Crippen LogP contribution in [0.3, 0.4) is 0 Å². The number of aromatic nitrogens is 2. The van der Waals surface area contributed by atoms with Crippen LogP contribution >= 0.6 is 23.2 Å². The van der Waals surface area contributed by atoms with Crippen molar-refractivity contribution in [1.82, 2.24) is 9.55 Å². The number of aromatic amines is 1. The zero-order valence-corrected chi connectivity index (χ0v) is 11.7. The van der Waals surface area contributed by atoms with Crippen LogP contribution in [-0.4, -0.2) is 14.7 Å². The Hall–Kier alpha value is -1.79. The average molecular weight is 319 g/mol. The average Bonchev–Trinajstić information content (AvgIpc) is 2.35. The number of benzene rings is 1. The summed E-state index contributed by atoms with van der Waals surface area (Å²) in [4.78, 5) is 25.4. The van der Waals surface area contributed by atoms with Crippen LogP contribution in [0.5, 0.6) is 5.88 Å². The van der Waals surface area contributed by atoms with E-state index in [-0.39, 0.29) is 27.7 Å². The fourth-order valence-electron chi connectivity index (χ4n) is 1.79. The molecule has 2 N–H and O–H groups in total. The Morgan fingerprint density at radius 3 is 2.35 bits per heavy atom. The van der Waals surface area contributed by atoms with E-state index < -0.39 is 22.9 Å². The smallest absolute Gasteiger partial charge is 0.335 e. The molecule has 2 rings (SSSR count). The van der Waals surface area contributed by atoms with Gasteiger partial charge in [0, 0.05) is 0 Å². The molecule has 1 aromatic carbocycles. The maximum Gasteiger partial charge on any atom is 0.335 e. The highest BCUT2D eigenvalue weighted by molar-refractivity contribution is 6.35. The summed E-state index contributed by atoms with van der Waals surface area (Å²) in [6.07, 6.45) is 0.212. The molecular formula is C12H9Cl2FN2O3. The largest absolute Gasteiger partial charge is 0.494 e. The zero-order chi connectivity index (χ0) is 15.0. The summed E-state index contributed by atoms with van der Waals surface area (Å²) < 4.78 is 14.2. The molecule has 0 radical (unpaired) electrons. The maximum absolute atomic E-state index is 13.4. The third-order valence-corrected chi connectivity index (χ3v) is 3.31. The van der Waals surface area contributed by atoms with Gasteiger partial charge in [0.15, 0.2) is 5.82 Å². The van der Waals surface area contributed by atoms with E-state index in [1.165, 1.54) is 0 Å². The highest BCUT2D eigenvalue weighted by atomic mass is 35.5. The zero-order valence-electron chi connectivity index (χ0n) is 10.2. The van der Waals surface area contributed by atoms with Crippen LogP contribution in [0.25, 0.3) is 5.69 Å². The van der Waals surface area contributed by atoms with E-state index in [0.29, 0.717) is 0 Å². The molecule has 0 aliphatic rings. The van der Waals surface area contributed by atoms with Crippen molar-refractivity contribution in [3.8, 4) is 11.6 Å². The SMILES string of the molecule is CCc1c(O)n(-c2cc(Cl)c(F)c(Cl)c2)c(=O)[nH]c1=O. The number of hydrogen-bond acceptors (Lipinski definition) is 3. The summed E-state index contributed by atoms with van der Waals surface area (Å²) in [5, 5.41) is 9.41. The summed E-state index contributed by atoms with van der Waals surface area (Å²) in [6, 6.07) is 2.25. The van der Waals surface area contributed by atoms with Gasteiger partial charge in [0.25, 0.3) is 5.56 Å². The molecule has 1 aromatic heterocycles. The number of nitrogens with zero attached hydrogens (tertiary/aromatic N) is 1. The molecular weight excluding hydrogens is 310 g/mol. The van der Waals surface area contributed by atoms with E-state index >= 15 is 0 Å². The normalized spacial score (nSPS) is 10.8. The van der Waals surface area contributed by atoms with Crippen molar-refractivity contribution in [3.05, 3.63) is 54.4 Å². The van der Waals surface area contributed by atoms with Gasteiger partial charge in [-0.2, -0.15) is 0 Å². The molecule has 0 fully saturated rings. The number of rotatable bonds is 2. The van der Waals surface area contributed by atoms with Crippen LogP contribution in [0.1, 0.15) is 12.5 Å². The lowest BCUT2D eigenvalue weighted by Crippen LogP contribution is -2.31. The molecule has 0 aliphatic carbocycles. The molecule has 0 saturated carbocycles. The van der Waals surface area contributed by atoms with Crippen LogP contribution in [-0.2, 0) is 6.42 Å². The van der Waals surface area contributed by atoms with Gasteiger partial charge < -0.3 is 5.11 Å². The van der Waals surface area contributed by atoms with E-state index in [9.17, 15) is 19.1 Å². The van der Waals surface area contributed by atoms with E-state index in [1.807, 2.05) is 0 Å². The van der Waals surface area contributed by atoms with Gasteiger partial charge in [-0.1, -0.05) is 30.1 Å². The third-order valence-electron chi connectivity index (χ3n) is 2.76. The maximum atomic E-state index is 13.4.